The molecule has 0 aliphatic rings. The smallest absolute Gasteiger partial charge is 0.330 e. The zero-order valence-electron chi connectivity index (χ0n) is 12.4. The van der Waals surface area contributed by atoms with Crippen molar-refractivity contribution in [1.82, 2.24) is 5.32 Å². The highest BCUT2D eigenvalue weighted by atomic mass is 16.6. The maximum absolute atomic E-state index is 11.7. The number of carbonyl (C=O) groups excluding carboxylic acids is 2. The number of hydrogen-bond acceptors (Lipinski definition) is 4. The predicted molar refractivity (Wildman–Crippen MR) is 75.7 cm³/mol. The van der Waals surface area contributed by atoms with Crippen LogP contribution in [0, 0.1) is 5.41 Å². The summed E-state index contributed by atoms with van der Waals surface area (Å²) in [7, 11) is 1.50. The van der Waals surface area contributed by atoms with Gasteiger partial charge in [0.15, 0.2) is 11.5 Å². The minimum Gasteiger partial charge on any atom is -0.493 e. The van der Waals surface area contributed by atoms with Crippen molar-refractivity contribution >= 4 is 11.9 Å². The molecule has 0 unspecified atom stereocenters. The molecule has 5 nitrogen and oxygen atoms in total. The number of methoxy groups -OCH3 is 1. The Labute approximate surface area is 119 Å². The van der Waals surface area contributed by atoms with Crippen molar-refractivity contribution in [3.63, 3.8) is 0 Å². The third-order valence-electron chi connectivity index (χ3n) is 2.41. The summed E-state index contributed by atoms with van der Waals surface area (Å²) in [6, 6.07) is 6.85. The van der Waals surface area contributed by atoms with Gasteiger partial charge in [-0.3, -0.25) is 4.79 Å². The van der Waals surface area contributed by atoms with Gasteiger partial charge in [-0.05, 0) is 17.5 Å². The van der Waals surface area contributed by atoms with Gasteiger partial charge in [-0.25, -0.2) is 4.79 Å². The van der Waals surface area contributed by atoms with Crippen LogP contribution in [0.2, 0.25) is 0 Å². The van der Waals surface area contributed by atoms with Crippen molar-refractivity contribution in [3.8, 4) is 11.5 Å². The third kappa shape index (κ3) is 5.73. The largest absolute Gasteiger partial charge is 0.493 e. The number of para-hydroxylation sites is 2. The van der Waals surface area contributed by atoms with Crippen molar-refractivity contribution in [2.75, 3.05) is 13.7 Å². The van der Waals surface area contributed by atoms with E-state index >= 15 is 0 Å². The van der Waals surface area contributed by atoms with Crippen LogP contribution < -0.4 is 14.8 Å². The maximum atomic E-state index is 11.7. The molecule has 1 aromatic rings. The Morgan fingerprint density at radius 3 is 2.30 bits per heavy atom. The Balaban J connectivity index is 2.46. The number of nitrogens with one attached hydrogen (secondary N) is 1. The van der Waals surface area contributed by atoms with Gasteiger partial charge in [-0.15, -0.1) is 0 Å². The van der Waals surface area contributed by atoms with Gasteiger partial charge in [-0.2, -0.15) is 0 Å². The summed E-state index contributed by atoms with van der Waals surface area (Å²) in [4.78, 5) is 23.3. The second kappa shape index (κ2) is 6.93. The Morgan fingerprint density at radius 1 is 1.15 bits per heavy atom. The van der Waals surface area contributed by atoms with Crippen LogP contribution in [0.15, 0.2) is 24.3 Å². The zero-order chi connectivity index (χ0) is 15.2. The van der Waals surface area contributed by atoms with Gasteiger partial charge in [0, 0.05) is 6.42 Å². The SMILES string of the molecule is COc1ccccc1OC(=O)CNC(=O)CC(C)(C)C. The van der Waals surface area contributed by atoms with Crippen LogP contribution in [0.4, 0.5) is 0 Å². The quantitative estimate of drug-likeness (QED) is 0.662. The van der Waals surface area contributed by atoms with E-state index in [0.29, 0.717) is 17.9 Å². The standard InChI is InChI=1S/C15H21NO4/c1-15(2,3)9-13(17)16-10-14(18)20-12-8-6-5-7-11(12)19-4/h5-8H,9-10H2,1-4H3,(H,16,17). The molecule has 0 radical (unpaired) electrons. The van der Waals surface area contributed by atoms with E-state index in [1.807, 2.05) is 20.8 Å². The second-order valence-electron chi connectivity index (χ2n) is 5.64. The molecule has 0 bridgehead atoms. The highest BCUT2D eigenvalue weighted by molar-refractivity contribution is 5.83. The Kier molecular flexibility index (Phi) is 5.55. The number of esters is 1. The summed E-state index contributed by atoms with van der Waals surface area (Å²) in [5.41, 5.74) is -0.114. The Morgan fingerprint density at radius 2 is 1.75 bits per heavy atom. The normalized spacial score (nSPS) is 10.8. The fourth-order valence-corrected chi connectivity index (χ4v) is 1.58. The molecular formula is C15H21NO4. The molecule has 1 N–H and O–H groups in total. The van der Waals surface area contributed by atoms with Gasteiger partial charge < -0.3 is 14.8 Å². The topological polar surface area (TPSA) is 64.6 Å². The first-order chi connectivity index (χ1) is 9.31. The summed E-state index contributed by atoms with van der Waals surface area (Å²) in [6.45, 7) is 5.71. The zero-order valence-corrected chi connectivity index (χ0v) is 12.4. The van der Waals surface area contributed by atoms with Crippen LogP contribution in [0.3, 0.4) is 0 Å². The minimum atomic E-state index is -0.531. The van der Waals surface area contributed by atoms with E-state index in [1.54, 1.807) is 24.3 Å². The number of hydrogen-bond donors (Lipinski definition) is 1. The fraction of sp³-hybridized carbons (Fsp3) is 0.467. The average Bonchev–Trinajstić information content (AvgIpc) is 2.35. The molecule has 0 atom stereocenters. The number of amides is 1. The molecule has 0 spiro atoms. The molecule has 1 amide bonds. The van der Waals surface area contributed by atoms with Crippen molar-refractivity contribution in [2.24, 2.45) is 5.41 Å². The van der Waals surface area contributed by atoms with Crippen LogP contribution in [0.1, 0.15) is 27.2 Å². The summed E-state index contributed by atoms with van der Waals surface area (Å²) < 4.78 is 10.2. The summed E-state index contributed by atoms with van der Waals surface area (Å²) >= 11 is 0. The molecule has 0 saturated carbocycles. The Bertz CT molecular complexity index is 477. The van der Waals surface area contributed by atoms with E-state index in [1.165, 1.54) is 7.11 Å². The summed E-state index contributed by atoms with van der Waals surface area (Å²) in [6.07, 6.45) is 0.356. The molecule has 1 rings (SSSR count). The van der Waals surface area contributed by atoms with Crippen LogP contribution in [0.25, 0.3) is 0 Å². The second-order valence-corrected chi connectivity index (χ2v) is 5.64. The van der Waals surface area contributed by atoms with E-state index in [4.69, 9.17) is 9.47 Å². The predicted octanol–water partition coefficient (Wildman–Crippen LogP) is 2.15. The summed E-state index contributed by atoms with van der Waals surface area (Å²) in [5, 5.41) is 2.54. The van der Waals surface area contributed by atoms with Crippen LogP contribution in [0.5, 0.6) is 11.5 Å². The molecule has 0 aromatic heterocycles. The molecule has 20 heavy (non-hydrogen) atoms. The minimum absolute atomic E-state index is 0.114. The number of ether oxygens (including phenoxy) is 2. The molecule has 0 saturated heterocycles. The monoisotopic (exact) mass is 279 g/mol. The van der Waals surface area contributed by atoms with Crippen molar-refractivity contribution < 1.29 is 19.1 Å². The molecule has 0 aliphatic carbocycles. The Hall–Kier alpha value is -2.04. The molecule has 0 aliphatic heterocycles. The van der Waals surface area contributed by atoms with Crippen LogP contribution in [-0.2, 0) is 9.59 Å². The first kappa shape index (κ1) is 16.0. The number of benzene rings is 1. The van der Waals surface area contributed by atoms with E-state index < -0.39 is 5.97 Å². The van der Waals surface area contributed by atoms with Crippen LogP contribution in [-0.4, -0.2) is 25.5 Å². The van der Waals surface area contributed by atoms with Crippen molar-refractivity contribution in [1.29, 1.82) is 0 Å². The van der Waals surface area contributed by atoms with E-state index in [2.05, 4.69) is 5.32 Å². The van der Waals surface area contributed by atoms with Gasteiger partial charge in [0.2, 0.25) is 5.91 Å². The fourth-order valence-electron chi connectivity index (χ4n) is 1.58. The summed E-state index contributed by atoms with van der Waals surface area (Å²) in [5.74, 6) is 0.109. The van der Waals surface area contributed by atoms with E-state index in [0.717, 1.165) is 0 Å². The van der Waals surface area contributed by atoms with Gasteiger partial charge in [-0.1, -0.05) is 32.9 Å². The maximum Gasteiger partial charge on any atom is 0.330 e. The average molecular weight is 279 g/mol. The lowest BCUT2D eigenvalue weighted by molar-refractivity contribution is -0.136. The van der Waals surface area contributed by atoms with Gasteiger partial charge in [0.25, 0.3) is 0 Å². The molecule has 5 heteroatoms. The van der Waals surface area contributed by atoms with Gasteiger partial charge in [0.05, 0.1) is 7.11 Å². The highest BCUT2D eigenvalue weighted by Gasteiger charge is 2.17. The third-order valence-corrected chi connectivity index (χ3v) is 2.41. The molecule has 1 aromatic carbocycles. The van der Waals surface area contributed by atoms with Gasteiger partial charge >= 0.3 is 5.97 Å². The lowest BCUT2D eigenvalue weighted by Gasteiger charge is -2.17. The number of carbonyl (C=O) groups is 2. The molecule has 0 fully saturated rings. The first-order valence-electron chi connectivity index (χ1n) is 6.42. The lowest BCUT2D eigenvalue weighted by atomic mass is 9.92. The van der Waals surface area contributed by atoms with Crippen molar-refractivity contribution in [2.45, 2.75) is 27.2 Å². The van der Waals surface area contributed by atoms with E-state index in [-0.39, 0.29) is 17.9 Å². The highest BCUT2D eigenvalue weighted by Crippen LogP contribution is 2.25. The van der Waals surface area contributed by atoms with E-state index in [9.17, 15) is 9.59 Å². The molecule has 0 heterocycles. The van der Waals surface area contributed by atoms with Gasteiger partial charge in [0.1, 0.15) is 6.54 Å². The lowest BCUT2D eigenvalue weighted by Crippen LogP contribution is -2.33. The number of rotatable bonds is 5. The van der Waals surface area contributed by atoms with Crippen molar-refractivity contribution in [3.05, 3.63) is 24.3 Å². The van der Waals surface area contributed by atoms with Crippen LogP contribution >= 0.6 is 0 Å². The molecule has 110 valence electrons. The first-order valence-corrected chi connectivity index (χ1v) is 6.42. The molecular weight excluding hydrogens is 258 g/mol.